The minimum atomic E-state index is 0.495. The number of hydrogen-bond donors (Lipinski definition) is 0. The molecule has 1 atom stereocenters. The average Bonchev–Trinajstić information content (AvgIpc) is 3.18. The minimum absolute atomic E-state index is 0.495. The Balaban J connectivity index is 1.54. The lowest BCUT2D eigenvalue weighted by Crippen LogP contribution is -2.30. The topological polar surface area (TPSA) is 51.8 Å². The first-order valence-electron chi connectivity index (χ1n) is 7.96. The first kappa shape index (κ1) is 14.1. The maximum Gasteiger partial charge on any atom is 0.122 e. The summed E-state index contributed by atoms with van der Waals surface area (Å²) in [4.78, 5) is 11.4. The zero-order valence-electron chi connectivity index (χ0n) is 13.0. The van der Waals surface area contributed by atoms with Crippen LogP contribution in [0.5, 0.6) is 0 Å². The number of pyridine rings is 1. The van der Waals surface area contributed by atoms with Crippen molar-refractivity contribution in [1.82, 2.24) is 29.2 Å². The zero-order valence-corrected chi connectivity index (χ0v) is 13.0. The molecule has 6 heteroatoms. The van der Waals surface area contributed by atoms with Crippen LogP contribution < -0.4 is 0 Å². The summed E-state index contributed by atoms with van der Waals surface area (Å²) in [6, 6.07) is 8.06. The van der Waals surface area contributed by atoms with Gasteiger partial charge in [-0.15, -0.1) is 0 Å². The van der Waals surface area contributed by atoms with Crippen LogP contribution in [0.4, 0.5) is 0 Å². The highest BCUT2D eigenvalue weighted by molar-refractivity contribution is 5.04. The summed E-state index contributed by atoms with van der Waals surface area (Å²) >= 11 is 0. The van der Waals surface area contributed by atoms with Gasteiger partial charge >= 0.3 is 0 Å². The van der Waals surface area contributed by atoms with E-state index in [0.29, 0.717) is 5.92 Å². The van der Waals surface area contributed by atoms with Gasteiger partial charge in [0.2, 0.25) is 0 Å². The van der Waals surface area contributed by atoms with Crippen LogP contribution in [0.25, 0.3) is 0 Å². The maximum atomic E-state index is 4.52. The molecule has 0 N–H and O–H groups in total. The van der Waals surface area contributed by atoms with Crippen molar-refractivity contribution in [1.29, 1.82) is 0 Å². The highest BCUT2D eigenvalue weighted by Gasteiger charge is 2.23. The fourth-order valence-corrected chi connectivity index (χ4v) is 3.25. The van der Waals surface area contributed by atoms with Crippen LogP contribution in [0.3, 0.4) is 0 Å². The van der Waals surface area contributed by atoms with Crippen LogP contribution in [0.1, 0.15) is 11.5 Å². The van der Waals surface area contributed by atoms with Crippen molar-refractivity contribution >= 4 is 0 Å². The van der Waals surface area contributed by atoms with Crippen LogP contribution in [-0.4, -0.2) is 35.8 Å². The van der Waals surface area contributed by atoms with Crippen molar-refractivity contribution in [3.05, 3.63) is 66.8 Å². The van der Waals surface area contributed by atoms with Gasteiger partial charge < -0.3 is 4.57 Å². The van der Waals surface area contributed by atoms with Crippen molar-refractivity contribution in [3.63, 3.8) is 0 Å². The quantitative estimate of drug-likeness (QED) is 0.737. The molecule has 1 unspecified atom stereocenters. The first-order valence-corrected chi connectivity index (χ1v) is 7.96. The van der Waals surface area contributed by atoms with E-state index in [4.69, 9.17) is 0 Å². The molecule has 0 amide bonds. The van der Waals surface area contributed by atoms with Crippen LogP contribution in [0.15, 0.2) is 55.2 Å². The standard InChI is InChI=1S/C17H20N6/c1-2-5-18-16(4-1)13-21-10-15(12-23-8-3-6-20-23)11-22-9-7-19-17(22)14-21/h1-9,15H,10-14H2. The van der Waals surface area contributed by atoms with Crippen molar-refractivity contribution in [3.8, 4) is 0 Å². The second-order valence-corrected chi connectivity index (χ2v) is 6.08. The van der Waals surface area contributed by atoms with Crippen LogP contribution >= 0.6 is 0 Å². The zero-order chi connectivity index (χ0) is 15.5. The molecule has 3 aromatic rings. The number of fused-ring (bicyclic) bond motifs is 1. The molecule has 0 radical (unpaired) electrons. The van der Waals surface area contributed by atoms with Crippen LogP contribution in [0.2, 0.25) is 0 Å². The summed E-state index contributed by atoms with van der Waals surface area (Å²) < 4.78 is 4.29. The highest BCUT2D eigenvalue weighted by atomic mass is 15.3. The van der Waals surface area contributed by atoms with Gasteiger partial charge in [-0.05, 0) is 18.2 Å². The minimum Gasteiger partial charge on any atom is -0.333 e. The predicted octanol–water partition coefficient (Wildman–Crippen LogP) is 1.81. The van der Waals surface area contributed by atoms with Gasteiger partial charge in [0.05, 0.1) is 12.2 Å². The summed E-state index contributed by atoms with van der Waals surface area (Å²) in [6.45, 7) is 4.62. The molecule has 0 saturated heterocycles. The molecule has 0 bridgehead atoms. The lowest BCUT2D eigenvalue weighted by Gasteiger charge is -2.23. The van der Waals surface area contributed by atoms with E-state index in [1.807, 2.05) is 47.7 Å². The molecule has 1 aliphatic heterocycles. The molecular weight excluding hydrogens is 288 g/mol. The SMILES string of the molecule is c1ccc(CN2Cc3nccn3CC(Cn3cccn3)C2)nc1. The van der Waals surface area contributed by atoms with E-state index in [2.05, 4.69) is 36.8 Å². The molecule has 0 spiro atoms. The van der Waals surface area contributed by atoms with E-state index in [9.17, 15) is 0 Å². The van der Waals surface area contributed by atoms with Gasteiger partial charge in [0.1, 0.15) is 5.82 Å². The van der Waals surface area contributed by atoms with Gasteiger partial charge in [-0.2, -0.15) is 5.10 Å². The molecule has 0 saturated carbocycles. The van der Waals surface area contributed by atoms with Crippen molar-refractivity contribution in [2.75, 3.05) is 6.54 Å². The molecule has 4 rings (SSSR count). The number of aromatic nitrogens is 5. The summed E-state index contributed by atoms with van der Waals surface area (Å²) in [5, 5.41) is 4.35. The van der Waals surface area contributed by atoms with E-state index in [-0.39, 0.29) is 0 Å². The molecule has 6 nitrogen and oxygen atoms in total. The predicted molar refractivity (Wildman–Crippen MR) is 86.3 cm³/mol. The Hall–Kier alpha value is -2.47. The van der Waals surface area contributed by atoms with Crippen molar-refractivity contribution in [2.45, 2.75) is 26.2 Å². The third-order valence-corrected chi connectivity index (χ3v) is 4.25. The molecule has 118 valence electrons. The molecule has 3 aromatic heterocycles. The van der Waals surface area contributed by atoms with E-state index >= 15 is 0 Å². The lowest BCUT2D eigenvalue weighted by atomic mass is 10.1. The third-order valence-electron chi connectivity index (χ3n) is 4.25. The number of nitrogens with zero attached hydrogens (tertiary/aromatic N) is 6. The Morgan fingerprint density at radius 2 is 2.00 bits per heavy atom. The second kappa shape index (κ2) is 6.34. The average molecular weight is 308 g/mol. The monoisotopic (exact) mass is 308 g/mol. The number of rotatable bonds is 4. The third kappa shape index (κ3) is 3.32. The molecule has 0 aromatic carbocycles. The summed E-state index contributed by atoms with van der Waals surface area (Å²) in [5.74, 6) is 1.62. The summed E-state index contributed by atoms with van der Waals surface area (Å²) in [5.41, 5.74) is 1.10. The Labute approximate surface area is 135 Å². The first-order chi connectivity index (χ1) is 11.4. The fourth-order valence-electron chi connectivity index (χ4n) is 3.25. The fraction of sp³-hybridized carbons (Fsp3) is 0.353. The van der Waals surface area contributed by atoms with Gasteiger partial charge in [0.25, 0.3) is 0 Å². The largest absolute Gasteiger partial charge is 0.333 e. The van der Waals surface area contributed by atoms with Crippen LogP contribution in [-0.2, 0) is 26.2 Å². The lowest BCUT2D eigenvalue weighted by molar-refractivity contribution is 0.203. The molecular formula is C17H20N6. The summed E-state index contributed by atoms with van der Waals surface area (Å²) in [7, 11) is 0. The normalized spacial score (nSPS) is 18.5. The molecule has 0 fully saturated rings. The van der Waals surface area contributed by atoms with E-state index in [1.54, 1.807) is 0 Å². The maximum absolute atomic E-state index is 4.52. The van der Waals surface area contributed by atoms with Gasteiger partial charge in [-0.1, -0.05) is 6.07 Å². The smallest absolute Gasteiger partial charge is 0.122 e. The molecule has 4 heterocycles. The Bertz CT molecular complexity index is 734. The summed E-state index contributed by atoms with van der Waals surface area (Å²) in [6.07, 6.45) is 9.70. The van der Waals surface area contributed by atoms with Crippen molar-refractivity contribution in [2.24, 2.45) is 5.92 Å². The van der Waals surface area contributed by atoms with E-state index in [1.165, 1.54) is 0 Å². The number of hydrogen-bond acceptors (Lipinski definition) is 4. The van der Waals surface area contributed by atoms with Gasteiger partial charge in [0, 0.05) is 63.1 Å². The molecule has 0 aliphatic carbocycles. The Morgan fingerprint density at radius 1 is 1.00 bits per heavy atom. The van der Waals surface area contributed by atoms with E-state index < -0.39 is 0 Å². The van der Waals surface area contributed by atoms with E-state index in [0.717, 1.165) is 44.2 Å². The van der Waals surface area contributed by atoms with Gasteiger partial charge in [-0.25, -0.2) is 4.98 Å². The number of imidazole rings is 1. The van der Waals surface area contributed by atoms with Gasteiger partial charge in [0.15, 0.2) is 0 Å². The second-order valence-electron chi connectivity index (χ2n) is 6.08. The van der Waals surface area contributed by atoms with Crippen LogP contribution in [0, 0.1) is 5.92 Å². The highest BCUT2D eigenvalue weighted by Crippen LogP contribution is 2.18. The Morgan fingerprint density at radius 3 is 2.83 bits per heavy atom. The van der Waals surface area contributed by atoms with Crippen molar-refractivity contribution < 1.29 is 0 Å². The Kier molecular flexibility index (Phi) is 3.90. The van der Waals surface area contributed by atoms with Gasteiger partial charge in [-0.3, -0.25) is 14.6 Å². The molecule has 23 heavy (non-hydrogen) atoms. The molecule has 1 aliphatic rings.